The first kappa shape index (κ1) is 12.8. The van der Waals surface area contributed by atoms with Crippen LogP contribution in [0.5, 0.6) is 0 Å². The second-order valence-corrected chi connectivity index (χ2v) is 5.70. The molecule has 1 aromatic rings. The Morgan fingerprint density at radius 1 is 1.39 bits per heavy atom. The van der Waals surface area contributed by atoms with Gasteiger partial charge in [-0.15, -0.1) is 0 Å². The third kappa shape index (κ3) is 2.44. The molecule has 2 rings (SSSR count). The number of carbonyl (C=O) groups is 1. The molecule has 0 saturated heterocycles. The molecule has 0 aliphatic heterocycles. The van der Waals surface area contributed by atoms with Crippen LogP contribution in [0.2, 0.25) is 0 Å². The van der Waals surface area contributed by atoms with E-state index in [9.17, 15) is 9.90 Å². The molecule has 0 unspecified atom stereocenters. The van der Waals surface area contributed by atoms with Crippen LogP contribution in [0.15, 0.2) is 16.7 Å². The predicted octanol–water partition coefficient (Wildman–Crippen LogP) is 2.50. The predicted molar refractivity (Wildman–Crippen MR) is 65.2 cm³/mol. The maximum Gasteiger partial charge on any atom is 0.307 e. The van der Waals surface area contributed by atoms with E-state index in [2.05, 4.69) is 10.1 Å². The maximum absolute atomic E-state index is 11.2. The number of aliphatic carboxylic acids is 1. The molecule has 0 bridgehead atoms. The van der Waals surface area contributed by atoms with Gasteiger partial charge in [0.25, 0.3) is 0 Å². The van der Waals surface area contributed by atoms with E-state index in [0.717, 1.165) is 0 Å². The van der Waals surface area contributed by atoms with Crippen LogP contribution in [-0.4, -0.2) is 21.2 Å². The monoisotopic (exact) mass is 250 g/mol. The molecule has 1 heterocycles. The summed E-state index contributed by atoms with van der Waals surface area (Å²) in [4.78, 5) is 15.6. The fourth-order valence-corrected chi connectivity index (χ4v) is 2.05. The Morgan fingerprint density at radius 2 is 2.06 bits per heavy atom. The normalized spacial score (nSPS) is 24.2. The van der Waals surface area contributed by atoms with Crippen molar-refractivity contribution in [2.24, 2.45) is 5.92 Å². The van der Waals surface area contributed by atoms with Crippen molar-refractivity contribution in [2.45, 2.75) is 44.9 Å². The van der Waals surface area contributed by atoms with Crippen molar-refractivity contribution in [2.75, 3.05) is 0 Å². The summed E-state index contributed by atoms with van der Waals surface area (Å²) in [5, 5.41) is 13.2. The van der Waals surface area contributed by atoms with Gasteiger partial charge in [0, 0.05) is 5.41 Å². The molecule has 0 amide bonds. The summed E-state index contributed by atoms with van der Waals surface area (Å²) in [5.41, 5.74) is -0.190. The summed E-state index contributed by atoms with van der Waals surface area (Å²) in [6, 6.07) is 0. The summed E-state index contributed by atoms with van der Waals surface area (Å²) >= 11 is 0. The van der Waals surface area contributed by atoms with E-state index in [1.54, 1.807) is 0 Å². The summed E-state index contributed by atoms with van der Waals surface area (Å²) in [6.45, 7) is 5.99. The standard InChI is InChI=1S/C13H18N2O3/c1-13(2,3)12-14-10(18-15-12)8-6-4-5-7-9(8)11(16)17/h4-5,8-9H,6-7H2,1-3H3,(H,16,17)/t8-,9+/m1/s1. The summed E-state index contributed by atoms with van der Waals surface area (Å²) < 4.78 is 5.25. The van der Waals surface area contributed by atoms with Crippen molar-refractivity contribution in [1.29, 1.82) is 0 Å². The van der Waals surface area contributed by atoms with Crippen LogP contribution in [0.4, 0.5) is 0 Å². The highest BCUT2D eigenvalue weighted by Crippen LogP contribution is 2.34. The quantitative estimate of drug-likeness (QED) is 0.816. The molecule has 1 aromatic heterocycles. The van der Waals surface area contributed by atoms with Gasteiger partial charge in [-0.2, -0.15) is 4.98 Å². The molecule has 0 aromatic carbocycles. The van der Waals surface area contributed by atoms with Gasteiger partial charge in [-0.1, -0.05) is 38.1 Å². The molecule has 1 N–H and O–H groups in total. The Balaban J connectivity index is 2.27. The van der Waals surface area contributed by atoms with Gasteiger partial charge < -0.3 is 9.63 Å². The highest BCUT2D eigenvalue weighted by Gasteiger charge is 2.34. The van der Waals surface area contributed by atoms with E-state index in [0.29, 0.717) is 24.6 Å². The van der Waals surface area contributed by atoms with Gasteiger partial charge in [-0.3, -0.25) is 4.79 Å². The highest BCUT2D eigenvalue weighted by molar-refractivity contribution is 5.71. The lowest BCUT2D eigenvalue weighted by molar-refractivity contribution is -0.142. The van der Waals surface area contributed by atoms with Crippen LogP contribution in [0, 0.1) is 5.92 Å². The molecule has 0 fully saturated rings. The lowest BCUT2D eigenvalue weighted by atomic mass is 9.83. The lowest BCUT2D eigenvalue weighted by Gasteiger charge is -2.21. The molecule has 0 spiro atoms. The fourth-order valence-electron chi connectivity index (χ4n) is 2.05. The third-order valence-corrected chi connectivity index (χ3v) is 3.18. The Kier molecular flexibility index (Phi) is 3.24. The fraction of sp³-hybridized carbons (Fsp3) is 0.615. The Bertz CT molecular complexity index is 471. The zero-order valence-electron chi connectivity index (χ0n) is 10.9. The first-order valence-corrected chi connectivity index (χ1v) is 6.11. The smallest absolute Gasteiger partial charge is 0.307 e. The SMILES string of the molecule is CC(C)(C)c1noc([C@@H]2CC=CC[C@@H]2C(=O)O)n1. The van der Waals surface area contributed by atoms with Crippen molar-refractivity contribution >= 4 is 5.97 Å². The molecule has 0 saturated carbocycles. The lowest BCUT2D eigenvalue weighted by Crippen LogP contribution is -2.24. The Labute approximate surface area is 106 Å². The van der Waals surface area contributed by atoms with Gasteiger partial charge >= 0.3 is 5.97 Å². The number of hydrogen-bond acceptors (Lipinski definition) is 4. The maximum atomic E-state index is 11.2. The second kappa shape index (κ2) is 4.55. The van der Waals surface area contributed by atoms with E-state index in [1.807, 2.05) is 32.9 Å². The van der Waals surface area contributed by atoms with Crippen molar-refractivity contribution in [3.8, 4) is 0 Å². The second-order valence-electron chi connectivity index (χ2n) is 5.70. The number of carboxylic acids is 1. The van der Waals surface area contributed by atoms with Gasteiger partial charge in [0.2, 0.25) is 5.89 Å². The van der Waals surface area contributed by atoms with Crippen LogP contribution in [0.1, 0.15) is 51.2 Å². The van der Waals surface area contributed by atoms with Crippen LogP contribution in [-0.2, 0) is 10.2 Å². The number of hydrogen-bond donors (Lipinski definition) is 1. The Hall–Kier alpha value is -1.65. The minimum Gasteiger partial charge on any atom is -0.481 e. The van der Waals surface area contributed by atoms with Crippen molar-refractivity contribution in [3.63, 3.8) is 0 Å². The first-order chi connectivity index (χ1) is 8.39. The highest BCUT2D eigenvalue weighted by atomic mass is 16.5. The number of aromatic nitrogens is 2. The molecule has 2 atom stereocenters. The molecule has 5 nitrogen and oxygen atoms in total. The van der Waals surface area contributed by atoms with E-state index >= 15 is 0 Å². The van der Waals surface area contributed by atoms with Crippen molar-refractivity contribution in [1.82, 2.24) is 10.1 Å². The molecule has 1 aliphatic carbocycles. The summed E-state index contributed by atoms with van der Waals surface area (Å²) in [6.07, 6.45) is 5.04. The zero-order chi connectivity index (χ0) is 13.3. The molecular formula is C13H18N2O3. The van der Waals surface area contributed by atoms with E-state index in [-0.39, 0.29) is 11.3 Å². The minimum absolute atomic E-state index is 0.190. The van der Waals surface area contributed by atoms with Crippen LogP contribution in [0.3, 0.4) is 0 Å². The first-order valence-electron chi connectivity index (χ1n) is 6.11. The number of rotatable bonds is 2. The largest absolute Gasteiger partial charge is 0.481 e. The molecule has 98 valence electrons. The number of nitrogens with zero attached hydrogens (tertiary/aromatic N) is 2. The molecular weight excluding hydrogens is 232 g/mol. The number of carboxylic acid groups (broad SMARTS) is 1. The average Bonchev–Trinajstić information content (AvgIpc) is 2.77. The van der Waals surface area contributed by atoms with E-state index in [1.165, 1.54) is 0 Å². The molecule has 5 heteroatoms. The van der Waals surface area contributed by atoms with Gasteiger partial charge in [0.05, 0.1) is 11.8 Å². The van der Waals surface area contributed by atoms with Gasteiger partial charge in [0.15, 0.2) is 5.82 Å². The molecule has 1 aliphatic rings. The minimum atomic E-state index is -0.806. The zero-order valence-corrected chi connectivity index (χ0v) is 10.9. The topological polar surface area (TPSA) is 76.2 Å². The summed E-state index contributed by atoms with van der Waals surface area (Å²) in [7, 11) is 0. The van der Waals surface area contributed by atoms with Crippen molar-refractivity contribution in [3.05, 3.63) is 23.9 Å². The van der Waals surface area contributed by atoms with Gasteiger partial charge in [-0.25, -0.2) is 0 Å². The van der Waals surface area contributed by atoms with Gasteiger partial charge in [0.1, 0.15) is 0 Å². The number of allylic oxidation sites excluding steroid dienone is 2. The van der Waals surface area contributed by atoms with Crippen LogP contribution < -0.4 is 0 Å². The average molecular weight is 250 g/mol. The Morgan fingerprint density at radius 3 is 2.61 bits per heavy atom. The molecule has 18 heavy (non-hydrogen) atoms. The van der Waals surface area contributed by atoms with Crippen molar-refractivity contribution < 1.29 is 14.4 Å². The van der Waals surface area contributed by atoms with Crippen LogP contribution in [0.25, 0.3) is 0 Å². The van der Waals surface area contributed by atoms with Gasteiger partial charge in [-0.05, 0) is 12.8 Å². The van der Waals surface area contributed by atoms with E-state index in [4.69, 9.17) is 4.52 Å². The summed E-state index contributed by atoms with van der Waals surface area (Å²) in [5.74, 6) is -0.424. The van der Waals surface area contributed by atoms with E-state index < -0.39 is 11.9 Å². The van der Waals surface area contributed by atoms with Crippen LogP contribution >= 0.6 is 0 Å². The molecule has 0 radical (unpaired) electrons. The third-order valence-electron chi connectivity index (χ3n) is 3.18.